The molecule has 1 aromatic rings. The van der Waals surface area contributed by atoms with E-state index >= 15 is 0 Å². The van der Waals surface area contributed by atoms with E-state index in [1.165, 1.54) is 18.3 Å². The van der Waals surface area contributed by atoms with Gasteiger partial charge in [-0.05, 0) is 23.9 Å². The summed E-state index contributed by atoms with van der Waals surface area (Å²) in [5.74, 6) is 0. The van der Waals surface area contributed by atoms with Gasteiger partial charge in [-0.3, -0.25) is 0 Å². The molecule has 0 saturated heterocycles. The second-order valence-corrected chi connectivity index (χ2v) is 4.60. The van der Waals surface area contributed by atoms with Gasteiger partial charge in [0.05, 0.1) is 4.34 Å². The Morgan fingerprint density at radius 2 is 2.42 bits per heavy atom. The van der Waals surface area contributed by atoms with E-state index in [-0.39, 0.29) is 6.54 Å². The fraction of sp³-hybridized carbons (Fsp3) is 0.500. The predicted octanol–water partition coefficient (Wildman–Crippen LogP) is 2.63. The molecule has 1 rings (SSSR count). The average Bonchev–Trinajstić information content (AvgIpc) is 2.35. The number of halogens is 2. The average molecular weight is 208 g/mol. The van der Waals surface area contributed by atoms with Crippen molar-refractivity contribution in [2.45, 2.75) is 19.0 Å². The highest BCUT2D eigenvalue weighted by Crippen LogP contribution is 2.24. The summed E-state index contributed by atoms with van der Waals surface area (Å²) in [6.45, 7) is 1.54. The van der Waals surface area contributed by atoms with E-state index in [0.29, 0.717) is 10.8 Å². The van der Waals surface area contributed by atoms with Gasteiger partial charge in [0.1, 0.15) is 5.67 Å². The molecule has 0 fully saturated rings. The molecule has 0 aromatic carbocycles. The van der Waals surface area contributed by atoms with Gasteiger partial charge in [0.15, 0.2) is 0 Å². The van der Waals surface area contributed by atoms with Crippen LogP contribution in [0.5, 0.6) is 0 Å². The Bertz CT molecular complexity index is 259. The summed E-state index contributed by atoms with van der Waals surface area (Å²) in [7, 11) is 0. The number of hydrogen-bond donors (Lipinski definition) is 1. The van der Waals surface area contributed by atoms with Gasteiger partial charge in [-0.1, -0.05) is 11.6 Å². The van der Waals surface area contributed by atoms with Crippen molar-refractivity contribution in [1.82, 2.24) is 0 Å². The zero-order valence-electron chi connectivity index (χ0n) is 6.81. The lowest BCUT2D eigenvalue weighted by Gasteiger charge is -2.16. The lowest BCUT2D eigenvalue weighted by Crippen LogP contribution is -2.31. The lowest BCUT2D eigenvalue weighted by molar-refractivity contribution is 0.200. The van der Waals surface area contributed by atoms with Crippen LogP contribution < -0.4 is 5.73 Å². The number of rotatable bonds is 3. The van der Waals surface area contributed by atoms with Crippen LogP contribution in [0.3, 0.4) is 0 Å². The molecule has 0 aliphatic heterocycles. The van der Waals surface area contributed by atoms with Crippen LogP contribution in [0.4, 0.5) is 4.39 Å². The summed E-state index contributed by atoms with van der Waals surface area (Å²) in [5.41, 5.74) is 4.86. The molecule has 1 unspecified atom stereocenters. The summed E-state index contributed by atoms with van der Waals surface area (Å²) < 4.78 is 14.0. The molecule has 68 valence electrons. The van der Waals surface area contributed by atoms with Gasteiger partial charge in [-0.2, -0.15) is 0 Å². The Labute approximate surface area is 80.3 Å². The van der Waals surface area contributed by atoms with Crippen LogP contribution in [-0.2, 0) is 6.42 Å². The fourth-order valence-corrected chi connectivity index (χ4v) is 1.84. The molecule has 4 heteroatoms. The van der Waals surface area contributed by atoms with E-state index < -0.39 is 5.67 Å². The minimum absolute atomic E-state index is 0.0421. The molecule has 0 bridgehead atoms. The zero-order chi connectivity index (χ0) is 9.19. The first-order valence-electron chi connectivity index (χ1n) is 3.65. The van der Waals surface area contributed by atoms with Crippen molar-refractivity contribution >= 4 is 22.9 Å². The smallest absolute Gasteiger partial charge is 0.124 e. The fourth-order valence-electron chi connectivity index (χ4n) is 0.936. The first-order chi connectivity index (χ1) is 5.53. The van der Waals surface area contributed by atoms with E-state index in [0.717, 1.165) is 5.56 Å². The lowest BCUT2D eigenvalue weighted by atomic mass is 10.0. The van der Waals surface area contributed by atoms with Crippen molar-refractivity contribution in [3.8, 4) is 0 Å². The number of nitrogens with two attached hydrogens (primary N) is 1. The number of thiophene rings is 1. The van der Waals surface area contributed by atoms with Gasteiger partial charge in [-0.15, -0.1) is 11.3 Å². The molecule has 1 nitrogen and oxygen atoms in total. The molecule has 2 N–H and O–H groups in total. The first-order valence-corrected chi connectivity index (χ1v) is 4.91. The Morgan fingerprint density at radius 3 is 2.83 bits per heavy atom. The van der Waals surface area contributed by atoms with E-state index in [2.05, 4.69) is 0 Å². The Balaban J connectivity index is 2.63. The van der Waals surface area contributed by atoms with Crippen LogP contribution in [0.15, 0.2) is 11.4 Å². The van der Waals surface area contributed by atoms with E-state index in [9.17, 15) is 4.39 Å². The molecule has 0 saturated carbocycles. The van der Waals surface area contributed by atoms with Crippen LogP contribution >= 0.6 is 22.9 Å². The third-order valence-corrected chi connectivity index (χ3v) is 2.76. The molecule has 1 aromatic heterocycles. The van der Waals surface area contributed by atoms with Crippen LogP contribution in [-0.4, -0.2) is 12.2 Å². The molecule has 0 aliphatic rings. The topological polar surface area (TPSA) is 26.0 Å². The highest BCUT2D eigenvalue weighted by atomic mass is 35.5. The molecule has 12 heavy (non-hydrogen) atoms. The Morgan fingerprint density at radius 1 is 1.75 bits per heavy atom. The third-order valence-electron chi connectivity index (χ3n) is 1.62. The van der Waals surface area contributed by atoms with Gasteiger partial charge in [0.25, 0.3) is 0 Å². The summed E-state index contributed by atoms with van der Waals surface area (Å²) in [5, 5.41) is 1.86. The van der Waals surface area contributed by atoms with E-state index in [1.54, 1.807) is 6.07 Å². The predicted molar refractivity (Wildman–Crippen MR) is 51.6 cm³/mol. The minimum atomic E-state index is -1.32. The van der Waals surface area contributed by atoms with Gasteiger partial charge in [0.2, 0.25) is 0 Å². The van der Waals surface area contributed by atoms with Crippen LogP contribution in [0.1, 0.15) is 12.5 Å². The first kappa shape index (κ1) is 9.96. The minimum Gasteiger partial charge on any atom is -0.328 e. The zero-order valence-corrected chi connectivity index (χ0v) is 8.38. The molecule has 1 heterocycles. The molecule has 0 spiro atoms. The molecule has 0 radical (unpaired) electrons. The monoisotopic (exact) mass is 207 g/mol. The Hall–Kier alpha value is -0.120. The summed E-state index contributed by atoms with van der Waals surface area (Å²) in [6, 6.07) is 1.78. The van der Waals surface area contributed by atoms with Crippen molar-refractivity contribution in [1.29, 1.82) is 0 Å². The standard InChI is InChI=1S/C8H11ClFNS/c1-8(10,5-11)3-6-2-7(9)12-4-6/h2,4H,3,5,11H2,1H3. The number of hydrogen-bond acceptors (Lipinski definition) is 2. The molecular formula is C8H11ClFNS. The maximum absolute atomic E-state index is 13.4. The molecule has 1 atom stereocenters. The summed E-state index contributed by atoms with van der Waals surface area (Å²) in [6.07, 6.45) is 0.340. The van der Waals surface area contributed by atoms with Gasteiger partial charge in [0, 0.05) is 13.0 Å². The van der Waals surface area contributed by atoms with Crippen LogP contribution in [0.25, 0.3) is 0 Å². The van der Waals surface area contributed by atoms with Crippen molar-refractivity contribution in [2.75, 3.05) is 6.54 Å². The van der Waals surface area contributed by atoms with Crippen LogP contribution in [0.2, 0.25) is 4.34 Å². The Kier molecular flexibility index (Phi) is 3.09. The largest absolute Gasteiger partial charge is 0.328 e. The van der Waals surface area contributed by atoms with Gasteiger partial charge < -0.3 is 5.73 Å². The normalized spacial score (nSPS) is 16.0. The van der Waals surface area contributed by atoms with E-state index in [1.807, 2.05) is 5.38 Å². The van der Waals surface area contributed by atoms with Gasteiger partial charge in [-0.25, -0.2) is 4.39 Å². The van der Waals surface area contributed by atoms with Crippen molar-refractivity contribution < 1.29 is 4.39 Å². The van der Waals surface area contributed by atoms with Crippen LogP contribution in [0, 0.1) is 0 Å². The maximum atomic E-state index is 13.4. The van der Waals surface area contributed by atoms with Crippen molar-refractivity contribution in [2.24, 2.45) is 5.73 Å². The third kappa shape index (κ3) is 2.73. The molecule has 0 aliphatic carbocycles. The maximum Gasteiger partial charge on any atom is 0.124 e. The second kappa shape index (κ2) is 3.73. The molecule has 0 amide bonds. The summed E-state index contributed by atoms with van der Waals surface area (Å²) >= 11 is 7.11. The molecular weight excluding hydrogens is 197 g/mol. The summed E-state index contributed by atoms with van der Waals surface area (Å²) in [4.78, 5) is 0. The van der Waals surface area contributed by atoms with E-state index in [4.69, 9.17) is 17.3 Å². The SMILES string of the molecule is CC(F)(CN)Cc1csc(Cl)c1. The van der Waals surface area contributed by atoms with Crippen molar-refractivity contribution in [3.63, 3.8) is 0 Å². The van der Waals surface area contributed by atoms with Crippen molar-refractivity contribution in [3.05, 3.63) is 21.3 Å². The highest BCUT2D eigenvalue weighted by Gasteiger charge is 2.21. The highest BCUT2D eigenvalue weighted by molar-refractivity contribution is 7.14. The number of alkyl halides is 1. The quantitative estimate of drug-likeness (QED) is 0.811. The second-order valence-electron chi connectivity index (χ2n) is 3.05. The van der Waals surface area contributed by atoms with Gasteiger partial charge >= 0.3 is 0 Å².